The lowest BCUT2D eigenvalue weighted by Crippen LogP contribution is -2.38. The molecule has 0 unspecified atom stereocenters. The van der Waals surface area contributed by atoms with Gasteiger partial charge in [-0.05, 0) is 42.9 Å². The molecule has 21 heavy (non-hydrogen) atoms. The maximum absolute atomic E-state index is 12.0. The lowest BCUT2D eigenvalue weighted by molar-refractivity contribution is -0.168. The summed E-state index contributed by atoms with van der Waals surface area (Å²) in [4.78, 5) is 34.2. The van der Waals surface area contributed by atoms with Crippen LogP contribution in [0.4, 0.5) is 0 Å². The van der Waals surface area contributed by atoms with Crippen molar-refractivity contribution in [1.29, 1.82) is 0 Å². The van der Waals surface area contributed by atoms with E-state index in [4.69, 9.17) is 9.47 Å². The zero-order valence-electron chi connectivity index (χ0n) is 12.6. The number of ether oxygens (including phenoxy) is 2. The second-order valence-corrected chi connectivity index (χ2v) is 5.09. The Morgan fingerprint density at radius 1 is 1.24 bits per heavy atom. The second kappa shape index (κ2) is 7.76. The SMILES string of the molecule is C=C1CC(C(=O)OC)(C(=O)OC)CC1=[C]CCCCC=O. The molecule has 0 saturated heterocycles. The summed E-state index contributed by atoms with van der Waals surface area (Å²) >= 11 is 0. The minimum Gasteiger partial charge on any atom is -0.468 e. The van der Waals surface area contributed by atoms with Crippen LogP contribution in [0.15, 0.2) is 17.7 Å². The van der Waals surface area contributed by atoms with E-state index in [1.807, 2.05) is 0 Å². The van der Waals surface area contributed by atoms with Crippen molar-refractivity contribution < 1.29 is 23.9 Å². The molecular formula is C16H21O5. The zero-order chi connectivity index (χ0) is 15.9. The lowest BCUT2D eigenvalue weighted by Gasteiger charge is -2.21. The number of hydrogen-bond acceptors (Lipinski definition) is 5. The van der Waals surface area contributed by atoms with E-state index >= 15 is 0 Å². The van der Waals surface area contributed by atoms with Crippen LogP contribution in [0.5, 0.6) is 0 Å². The molecule has 0 aromatic heterocycles. The first-order valence-corrected chi connectivity index (χ1v) is 6.90. The molecule has 5 nitrogen and oxygen atoms in total. The third-order valence-corrected chi connectivity index (χ3v) is 3.66. The fraction of sp³-hybridized carbons (Fsp3) is 0.562. The molecule has 1 saturated carbocycles. The normalized spacial score (nSPS) is 18.6. The van der Waals surface area contributed by atoms with Gasteiger partial charge < -0.3 is 14.3 Å². The molecule has 0 spiro atoms. The smallest absolute Gasteiger partial charge is 0.323 e. The summed E-state index contributed by atoms with van der Waals surface area (Å²) in [6.07, 6.45) is 7.32. The number of allylic oxidation sites excluding steroid dienone is 3. The number of methoxy groups -OCH3 is 2. The standard InChI is InChI=1S/C16H21O5/c1-12-10-16(14(18)20-2,15(19)21-3)11-13(12)8-6-4-5-7-9-17/h9H,1,4-7,10-11H2,2-3H3. The summed E-state index contributed by atoms with van der Waals surface area (Å²) in [6.45, 7) is 3.91. The van der Waals surface area contributed by atoms with Crippen molar-refractivity contribution in [2.75, 3.05) is 14.2 Å². The molecule has 0 bridgehead atoms. The largest absolute Gasteiger partial charge is 0.468 e. The maximum atomic E-state index is 12.0. The Morgan fingerprint density at radius 2 is 1.86 bits per heavy atom. The Kier molecular flexibility index (Phi) is 6.34. The molecule has 1 aliphatic rings. The van der Waals surface area contributed by atoms with Gasteiger partial charge in [0.25, 0.3) is 0 Å². The van der Waals surface area contributed by atoms with Crippen molar-refractivity contribution >= 4 is 18.2 Å². The van der Waals surface area contributed by atoms with Crippen LogP contribution in [0.2, 0.25) is 0 Å². The predicted octanol–water partition coefficient (Wildman–Crippen LogP) is 2.16. The summed E-state index contributed by atoms with van der Waals surface area (Å²) in [6, 6.07) is 0. The molecule has 0 atom stereocenters. The highest BCUT2D eigenvalue weighted by molar-refractivity contribution is 6.01. The highest BCUT2D eigenvalue weighted by atomic mass is 16.5. The molecule has 0 N–H and O–H groups in total. The Labute approximate surface area is 125 Å². The van der Waals surface area contributed by atoms with Gasteiger partial charge in [0.05, 0.1) is 14.2 Å². The average molecular weight is 293 g/mol. The predicted molar refractivity (Wildman–Crippen MR) is 76.1 cm³/mol. The molecule has 0 heterocycles. The fourth-order valence-electron chi connectivity index (χ4n) is 2.50. The molecule has 0 amide bonds. The van der Waals surface area contributed by atoms with Crippen LogP contribution in [-0.2, 0) is 23.9 Å². The van der Waals surface area contributed by atoms with Gasteiger partial charge in [-0.25, -0.2) is 0 Å². The molecule has 5 heteroatoms. The minimum atomic E-state index is -1.33. The number of aldehydes is 1. The van der Waals surface area contributed by atoms with E-state index in [1.54, 1.807) is 0 Å². The van der Waals surface area contributed by atoms with Crippen molar-refractivity contribution in [3.05, 3.63) is 23.8 Å². The Morgan fingerprint density at radius 3 is 2.38 bits per heavy atom. The molecule has 1 fully saturated rings. The molecule has 0 aliphatic heterocycles. The number of carbonyl (C=O) groups is 3. The van der Waals surface area contributed by atoms with Gasteiger partial charge in [-0.3, -0.25) is 9.59 Å². The quantitative estimate of drug-likeness (QED) is 0.311. The lowest BCUT2D eigenvalue weighted by atomic mass is 9.85. The van der Waals surface area contributed by atoms with Crippen LogP contribution in [0.25, 0.3) is 0 Å². The number of unbranched alkanes of at least 4 members (excludes halogenated alkanes) is 3. The summed E-state index contributed by atoms with van der Waals surface area (Å²) < 4.78 is 9.51. The van der Waals surface area contributed by atoms with E-state index in [2.05, 4.69) is 12.7 Å². The van der Waals surface area contributed by atoms with Crippen LogP contribution in [0.1, 0.15) is 38.5 Å². The van der Waals surface area contributed by atoms with Gasteiger partial charge >= 0.3 is 11.9 Å². The summed E-state index contributed by atoms with van der Waals surface area (Å²) in [7, 11) is 2.50. The molecule has 1 aliphatic carbocycles. The highest BCUT2D eigenvalue weighted by Crippen LogP contribution is 2.46. The molecule has 115 valence electrons. The van der Waals surface area contributed by atoms with Crippen molar-refractivity contribution in [2.24, 2.45) is 5.41 Å². The Bertz CT molecular complexity index is 445. The third-order valence-electron chi connectivity index (χ3n) is 3.66. The van der Waals surface area contributed by atoms with Crippen LogP contribution < -0.4 is 0 Å². The van der Waals surface area contributed by atoms with E-state index in [9.17, 15) is 14.4 Å². The van der Waals surface area contributed by atoms with Crippen molar-refractivity contribution in [3.8, 4) is 0 Å². The van der Waals surface area contributed by atoms with Crippen molar-refractivity contribution in [1.82, 2.24) is 0 Å². The van der Waals surface area contributed by atoms with Crippen LogP contribution in [-0.4, -0.2) is 32.4 Å². The van der Waals surface area contributed by atoms with Gasteiger partial charge in [0.1, 0.15) is 6.29 Å². The van der Waals surface area contributed by atoms with Gasteiger partial charge in [-0.1, -0.05) is 6.58 Å². The van der Waals surface area contributed by atoms with Gasteiger partial charge in [-0.15, -0.1) is 0 Å². The Balaban J connectivity index is 2.81. The molecule has 0 aromatic carbocycles. The summed E-state index contributed by atoms with van der Waals surface area (Å²) in [5, 5.41) is 0. The topological polar surface area (TPSA) is 69.7 Å². The summed E-state index contributed by atoms with van der Waals surface area (Å²) in [5.41, 5.74) is 0.157. The average Bonchev–Trinajstić information content (AvgIpc) is 2.83. The van der Waals surface area contributed by atoms with E-state index in [1.165, 1.54) is 14.2 Å². The first-order chi connectivity index (χ1) is 10.0. The van der Waals surface area contributed by atoms with E-state index < -0.39 is 17.4 Å². The Hall–Kier alpha value is -1.91. The first kappa shape index (κ1) is 17.1. The van der Waals surface area contributed by atoms with Crippen LogP contribution >= 0.6 is 0 Å². The molecular weight excluding hydrogens is 272 g/mol. The van der Waals surface area contributed by atoms with E-state index in [0.717, 1.165) is 24.7 Å². The van der Waals surface area contributed by atoms with Crippen molar-refractivity contribution in [3.63, 3.8) is 0 Å². The molecule has 0 aromatic rings. The first-order valence-electron chi connectivity index (χ1n) is 6.90. The fourth-order valence-corrected chi connectivity index (χ4v) is 2.50. The second-order valence-electron chi connectivity index (χ2n) is 5.09. The highest BCUT2D eigenvalue weighted by Gasteiger charge is 2.53. The summed E-state index contributed by atoms with van der Waals surface area (Å²) in [5.74, 6) is -1.21. The molecule has 1 radical (unpaired) electrons. The van der Waals surface area contributed by atoms with E-state index in [0.29, 0.717) is 18.4 Å². The van der Waals surface area contributed by atoms with Gasteiger partial charge in [-0.2, -0.15) is 0 Å². The third kappa shape index (κ3) is 3.80. The molecule has 1 rings (SSSR count). The number of rotatable bonds is 7. The van der Waals surface area contributed by atoms with Crippen LogP contribution in [0.3, 0.4) is 0 Å². The van der Waals surface area contributed by atoms with E-state index in [-0.39, 0.29) is 12.8 Å². The number of hydrogen-bond donors (Lipinski definition) is 0. The maximum Gasteiger partial charge on any atom is 0.323 e. The van der Waals surface area contributed by atoms with Gasteiger partial charge in [0.15, 0.2) is 5.41 Å². The van der Waals surface area contributed by atoms with Crippen molar-refractivity contribution in [2.45, 2.75) is 38.5 Å². The van der Waals surface area contributed by atoms with Gasteiger partial charge in [0.2, 0.25) is 0 Å². The number of carbonyl (C=O) groups excluding carboxylic acids is 3. The van der Waals surface area contributed by atoms with Gasteiger partial charge in [0, 0.05) is 12.8 Å². The number of esters is 2. The monoisotopic (exact) mass is 293 g/mol. The minimum absolute atomic E-state index is 0.197. The van der Waals surface area contributed by atoms with Crippen LogP contribution in [0, 0.1) is 11.5 Å². The zero-order valence-corrected chi connectivity index (χ0v) is 12.6.